The van der Waals surface area contributed by atoms with Gasteiger partial charge in [0.25, 0.3) is 5.69 Å². The van der Waals surface area contributed by atoms with Crippen LogP contribution in [0.3, 0.4) is 0 Å². The number of H-pyrrole nitrogens is 1. The van der Waals surface area contributed by atoms with Gasteiger partial charge in [-0.05, 0) is 47.9 Å². The summed E-state index contributed by atoms with van der Waals surface area (Å²) in [5.41, 5.74) is 2.11. The second kappa shape index (κ2) is 9.92. The summed E-state index contributed by atoms with van der Waals surface area (Å²) in [6.07, 6.45) is 0.725. The number of amides is 2. The van der Waals surface area contributed by atoms with Crippen molar-refractivity contribution in [3.63, 3.8) is 0 Å². The molecule has 1 saturated heterocycles. The van der Waals surface area contributed by atoms with Crippen LogP contribution in [0.15, 0.2) is 88.7 Å². The fraction of sp³-hybridized carbons (Fsp3) is 0.281. The van der Waals surface area contributed by atoms with Gasteiger partial charge in [0.2, 0.25) is 11.8 Å². The molecule has 11 heteroatoms. The molecule has 2 aliphatic carbocycles. The largest absolute Gasteiger partial charge is 0.489 e. The predicted octanol–water partition coefficient (Wildman–Crippen LogP) is 5.60. The molecule has 0 radical (unpaired) electrons. The van der Waals surface area contributed by atoms with Gasteiger partial charge in [-0.25, -0.2) is 0 Å². The number of aromatic amines is 1. The molecular formula is C32H25N3O6S2. The number of nitrogens with one attached hydrogen (secondary N) is 1. The average molecular weight is 612 g/mol. The van der Waals surface area contributed by atoms with E-state index in [0.29, 0.717) is 17.0 Å². The average Bonchev–Trinajstić information content (AvgIpc) is 3.75. The molecule has 2 bridgehead atoms. The number of thioether (sulfide) groups is 1. The van der Waals surface area contributed by atoms with Gasteiger partial charge in [-0.15, -0.1) is 11.8 Å². The molecule has 1 N–H and O–H groups in total. The highest BCUT2D eigenvalue weighted by atomic mass is 32.2. The smallest absolute Gasteiger partial charge is 0.305 e. The number of carbonyl (C=O) groups is 2. The van der Waals surface area contributed by atoms with Crippen LogP contribution in [0.1, 0.15) is 28.3 Å². The van der Waals surface area contributed by atoms with Crippen molar-refractivity contribution in [3.05, 3.63) is 115 Å². The van der Waals surface area contributed by atoms with E-state index in [1.165, 1.54) is 11.0 Å². The summed E-state index contributed by atoms with van der Waals surface area (Å²) in [4.78, 5) is 56.9. The van der Waals surface area contributed by atoms with Crippen LogP contribution in [-0.2, 0) is 16.2 Å². The number of carbonyl (C=O) groups excluding carboxylic acids is 2. The topological polar surface area (TPSA) is 123 Å². The van der Waals surface area contributed by atoms with Gasteiger partial charge in [0, 0.05) is 33.7 Å². The Bertz CT molecular complexity index is 1840. The Balaban J connectivity index is 1.24. The fourth-order valence-corrected chi connectivity index (χ4v) is 10.8. The third-order valence-corrected chi connectivity index (χ3v) is 12.1. The van der Waals surface area contributed by atoms with Gasteiger partial charge in [-0.3, -0.25) is 29.4 Å². The normalized spacial score (nSPS) is 28.5. The van der Waals surface area contributed by atoms with Crippen molar-refractivity contribution in [3.8, 4) is 5.75 Å². The minimum absolute atomic E-state index is 0.0392. The van der Waals surface area contributed by atoms with Crippen molar-refractivity contribution in [1.82, 2.24) is 4.98 Å². The number of non-ortho nitro benzene ring substituents is 1. The van der Waals surface area contributed by atoms with Crippen molar-refractivity contribution in [2.24, 2.45) is 29.6 Å². The molecule has 7 atom stereocenters. The first-order valence-corrected chi connectivity index (χ1v) is 15.9. The highest BCUT2D eigenvalue weighted by Gasteiger charge is 2.70. The fourth-order valence-electron chi connectivity index (χ4n) is 7.96. The zero-order valence-corrected chi connectivity index (χ0v) is 24.3. The maximum atomic E-state index is 14.0. The summed E-state index contributed by atoms with van der Waals surface area (Å²) >= 11 is 2.70. The second-order valence-corrected chi connectivity index (χ2v) is 13.8. The molecule has 2 saturated carbocycles. The molecule has 43 heavy (non-hydrogen) atoms. The van der Waals surface area contributed by atoms with Crippen LogP contribution in [-0.4, -0.2) is 27.0 Å². The standard InChI is InChI=1S/C32H25N3O6S2/c36-30-25-20-14-21(26(25)31(37)34(30)17-9-5-2-6-10-17)27-24(20)23(28-29(42-27)33-32(38)43-28)19-13-18(35(39)40)11-12-22(19)41-15-16-7-3-1-4-8-16/h1-13,20-21,23-27H,14-15H2,(H,33,38)/t20-,21-,23?,24?,25?,26?,27?/m1/s1. The number of nitrogens with zero attached hydrogens (tertiary/aromatic N) is 2. The number of fused-ring (bicyclic) bond motifs is 9. The molecular weight excluding hydrogens is 587 g/mol. The number of ether oxygens (including phenoxy) is 1. The molecule has 0 spiro atoms. The van der Waals surface area contributed by atoms with E-state index >= 15 is 0 Å². The van der Waals surface area contributed by atoms with Gasteiger partial charge < -0.3 is 9.72 Å². The first-order valence-electron chi connectivity index (χ1n) is 14.2. The van der Waals surface area contributed by atoms with E-state index in [-0.39, 0.29) is 52.0 Å². The molecule has 216 valence electrons. The summed E-state index contributed by atoms with van der Waals surface area (Å²) < 4.78 is 6.32. The summed E-state index contributed by atoms with van der Waals surface area (Å²) in [5.74, 6) is -1.39. The van der Waals surface area contributed by atoms with Crippen molar-refractivity contribution in [1.29, 1.82) is 0 Å². The number of para-hydroxylation sites is 1. The quantitative estimate of drug-likeness (QED) is 0.171. The molecule has 3 heterocycles. The summed E-state index contributed by atoms with van der Waals surface area (Å²) in [6, 6.07) is 23.4. The molecule has 3 fully saturated rings. The Morgan fingerprint density at radius 2 is 1.63 bits per heavy atom. The second-order valence-electron chi connectivity index (χ2n) is 11.6. The van der Waals surface area contributed by atoms with E-state index in [0.717, 1.165) is 33.2 Å². The number of aromatic nitrogens is 1. The van der Waals surface area contributed by atoms with Crippen LogP contribution in [0, 0.1) is 39.7 Å². The number of benzene rings is 3. The number of nitro benzene ring substituents is 1. The van der Waals surface area contributed by atoms with Crippen LogP contribution in [0.5, 0.6) is 5.75 Å². The lowest BCUT2D eigenvalue weighted by molar-refractivity contribution is -0.385. The lowest BCUT2D eigenvalue weighted by Gasteiger charge is -2.43. The Labute approximate surface area is 254 Å². The molecule has 8 rings (SSSR count). The number of hydrogen-bond donors (Lipinski definition) is 1. The van der Waals surface area contributed by atoms with Crippen molar-refractivity contribution >= 4 is 46.3 Å². The van der Waals surface area contributed by atoms with E-state index in [9.17, 15) is 24.5 Å². The number of hydrogen-bond acceptors (Lipinski definition) is 8. The Morgan fingerprint density at radius 1 is 0.930 bits per heavy atom. The summed E-state index contributed by atoms with van der Waals surface area (Å²) in [7, 11) is 0. The zero-order chi connectivity index (χ0) is 29.4. The van der Waals surface area contributed by atoms with Gasteiger partial charge in [-0.1, -0.05) is 59.9 Å². The van der Waals surface area contributed by atoms with Crippen molar-refractivity contribution in [2.75, 3.05) is 4.90 Å². The molecule has 9 nitrogen and oxygen atoms in total. The molecule has 1 aromatic heterocycles. The Morgan fingerprint density at radius 3 is 2.35 bits per heavy atom. The zero-order valence-electron chi connectivity index (χ0n) is 22.6. The maximum absolute atomic E-state index is 14.0. The number of anilines is 1. The van der Waals surface area contributed by atoms with Crippen LogP contribution in [0.4, 0.5) is 11.4 Å². The molecule has 2 amide bonds. The number of nitro groups is 1. The van der Waals surface area contributed by atoms with Crippen LogP contribution < -0.4 is 14.5 Å². The van der Waals surface area contributed by atoms with Gasteiger partial charge in [0.05, 0.1) is 27.5 Å². The third-order valence-electron chi connectivity index (χ3n) is 9.51. The summed E-state index contributed by atoms with van der Waals surface area (Å²) in [6.45, 7) is 0.271. The Kier molecular flexibility index (Phi) is 6.09. The van der Waals surface area contributed by atoms with E-state index < -0.39 is 22.7 Å². The summed E-state index contributed by atoms with van der Waals surface area (Å²) in [5, 5.41) is 12.6. The molecule has 4 aliphatic rings. The van der Waals surface area contributed by atoms with Crippen molar-refractivity contribution in [2.45, 2.75) is 29.2 Å². The molecule has 3 aromatic carbocycles. The minimum Gasteiger partial charge on any atom is -0.489 e. The van der Waals surface area contributed by atoms with Crippen LogP contribution in [0.2, 0.25) is 0 Å². The van der Waals surface area contributed by atoms with Gasteiger partial charge >= 0.3 is 4.87 Å². The number of imide groups is 1. The molecule has 4 aromatic rings. The number of rotatable bonds is 6. The Hall–Kier alpha value is -4.22. The first kappa shape index (κ1) is 26.4. The highest BCUT2D eigenvalue weighted by molar-refractivity contribution is 8.00. The van der Waals surface area contributed by atoms with Gasteiger partial charge in [0.15, 0.2) is 0 Å². The monoisotopic (exact) mass is 611 g/mol. The SMILES string of the molecule is O=C1C2C(C(=O)N1c1ccccc1)[C@@H]1C[C@H]2C2Sc3[nH]c(=O)sc3C(c3cc([N+](=O)[O-])ccc3OCc3ccccc3)C21. The van der Waals surface area contributed by atoms with E-state index in [1.54, 1.807) is 36.0 Å². The predicted molar refractivity (Wildman–Crippen MR) is 161 cm³/mol. The maximum Gasteiger partial charge on any atom is 0.305 e. The lowest BCUT2D eigenvalue weighted by atomic mass is 9.68. The van der Waals surface area contributed by atoms with Crippen LogP contribution in [0.25, 0.3) is 0 Å². The van der Waals surface area contributed by atoms with E-state index in [1.807, 2.05) is 48.5 Å². The molecule has 5 unspecified atom stereocenters. The first-order chi connectivity index (χ1) is 20.9. The van der Waals surface area contributed by atoms with E-state index in [2.05, 4.69) is 4.98 Å². The van der Waals surface area contributed by atoms with Gasteiger partial charge in [0.1, 0.15) is 12.4 Å². The minimum atomic E-state index is -0.466. The van der Waals surface area contributed by atoms with Gasteiger partial charge in [-0.2, -0.15) is 0 Å². The lowest BCUT2D eigenvalue weighted by Crippen LogP contribution is -2.42. The van der Waals surface area contributed by atoms with Crippen LogP contribution >= 0.6 is 23.1 Å². The third kappa shape index (κ3) is 4.01. The molecule has 2 aliphatic heterocycles. The number of thiazole rings is 1. The highest BCUT2D eigenvalue weighted by Crippen LogP contribution is 2.69. The van der Waals surface area contributed by atoms with E-state index in [4.69, 9.17) is 4.74 Å². The van der Waals surface area contributed by atoms with Crippen molar-refractivity contribution < 1.29 is 19.2 Å².